The monoisotopic (exact) mass is 545 g/mol. The number of thiazole rings is 1. The van der Waals surface area contributed by atoms with Gasteiger partial charge >= 0.3 is 0 Å². The summed E-state index contributed by atoms with van der Waals surface area (Å²) in [6.07, 6.45) is 1.45. The molecule has 0 bridgehead atoms. The van der Waals surface area contributed by atoms with Crippen LogP contribution in [0.5, 0.6) is 0 Å². The highest BCUT2D eigenvalue weighted by atomic mass is 35.5. The Morgan fingerprint density at radius 2 is 1.65 bits per heavy atom. The Morgan fingerprint density at radius 3 is 2.35 bits per heavy atom. The highest BCUT2D eigenvalue weighted by Crippen LogP contribution is 2.37. The van der Waals surface area contributed by atoms with Gasteiger partial charge in [-0.3, -0.25) is 9.59 Å². The number of halogens is 1. The number of rotatable bonds is 8. The molecule has 5 aromatic rings. The van der Waals surface area contributed by atoms with E-state index in [2.05, 4.69) is 15.6 Å². The quantitative estimate of drug-likeness (QED) is 0.194. The predicted octanol–water partition coefficient (Wildman–Crippen LogP) is 7.78. The lowest BCUT2D eigenvalue weighted by atomic mass is 10.1. The van der Waals surface area contributed by atoms with Crippen molar-refractivity contribution < 1.29 is 14.0 Å². The Hall–Kier alpha value is -3.85. The van der Waals surface area contributed by atoms with Gasteiger partial charge in [-0.15, -0.1) is 23.1 Å². The number of anilines is 2. The van der Waals surface area contributed by atoms with Gasteiger partial charge in [-0.05, 0) is 54.1 Å². The average molecular weight is 546 g/mol. The molecule has 2 heterocycles. The Labute approximate surface area is 226 Å². The number of amides is 2. The number of hydrogen-bond donors (Lipinski definition) is 2. The van der Waals surface area contributed by atoms with Gasteiger partial charge in [0.1, 0.15) is 5.25 Å². The maximum absolute atomic E-state index is 13.4. The summed E-state index contributed by atoms with van der Waals surface area (Å²) in [4.78, 5) is 31.1. The lowest BCUT2D eigenvalue weighted by Crippen LogP contribution is -2.19. The molecule has 0 saturated heterocycles. The minimum absolute atomic E-state index is 0.177. The molecule has 2 aromatic heterocycles. The van der Waals surface area contributed by atoms with Crippen LogP contribution in [0, 0.1) is 0 Å². The lowest BCUT2D eigenvalue weighted by molar-refractivity contribution is -0.115. The number of carbonyl (C=O) groups excluding carboxylic acids is 2. The van der Waals surface area contributed by atoms with Crippen molar-refractivity contribution in [2.24, 2.45) is 0 Å². The number of aromatic nitrogens is 1. The van der Waals surface area contributed by atoms with E-state index >= 15 is 0 Å². The Bertz CT molecular complexity index is 1490. The molecule has 0 spiro atoms. The summed E-state index contributed by atoms with van der Waals surface area (Å²) in [7, 11) is 0. The zero-order valence-electron chi connectivity index (χ0n) is 19.3. The minimum Gasteiger partial charge on any atom is -0.459 e. The number of furan rings is 1. The van der Waals surface area contributed by atoms with E-state index in [0.29, 0.717) is 15.8 Å². The molecule has 1 atom stereocenters. The van der Waals surface area contributed by atoms with Crippen molar-refractivity contribution in [3.05, 3.63) is 119 Å². The first kappa shape index (κ1) is 24.8. The summed E-state index contributed by atoms with van der Waals surface area (Å²) in [5.41, 5.74) is 3.20. The SMILES string of the molecule is O=C(Nc1ccc(SC(C(=O)Nc2nc(-c3ccc(Cl)cc3)cs2)c2ccccc2)cc1)c1ccco1. The van der Waals surface area contributed by atoms with E-state index in [1.807, 2.05) is 72.1 Å². The van der Waals surface area contributed by atoms with E-state index in [1.165, 1.54) is 29.4 Å². The number of nitrogens with zero attached hydrogens (tertiary/aromatic N) is 1. The maximum atomic E-state index is 13.4. The third kappa shape index (κ3) is 6.29. The van der Waals surface area contributed by atoms with Crippen molar-refractivity contribution in [1.29, 1.82) is 0 Å². The van der Waals surface area contributed by atoms with Crippen LogP contribution in [-0.2, 0) is 4.79 Å². The fraction of sp³-hybridized carbons (Fsp3) is 0.0357. The van der Waals surface area contributed by atoms with Crippen LogP contribution < -0.4 is 10.6 Å². The van der Waals surface area contributed by atoms with Crippen LogP contribution in [0.25, 0.3) is 11.3 Å². The first-order valence-electron chi connectivity index (χ1n) is 11.2. The van der Waals surface area contributed by atoms with Crippen molar-refractivity contribution in [2.75, 3.05) is 10.6 Å². The molecule has 2 amide bonds. The average Bonchev–Trinajstić information content (AvgIpc) is 3.62. The van der Waals surface area contributed by atoms with Gasteiger partial charge in [0.25, 0.3) is 5.91 Å². The molecule has 184 valence electrons. The molecule has 0 radical (unpaired) electrons. The van der Waals surface area contributed by atoms with Crippen molar-refractivity contribution in [3.8, 4) is 11.3 Å². The van der Waals surface area contributed by atoms with E-state index in [9.17, 15) is 9.59 Å². The molecule has 0 fully saturated rings. The number of carbonyl (C=O) groups is 2. The fourth-order valence-electron chi connectivity index (χ4n) is 3.51. The second-order valence-electron chi connectivity index (χ2n) is 7.90. The standard InChI is InChI=1S/C28H20ClN3O3S2/c29-20-10-8-18(9-11-20)23-17-36-28(31-23)32-27(34)25(19-5-2-1-3-6-19)37-22-14-12-21(13-15-22)30-26(33)24-7-4-16-35-24/h1-17,25H,(H,30,33)(H,31,32,34). The molecule has 37 heavy (non-hydrogen) atoms. The van der Waals surface area contributed by atoms with Gasteiger partial charge in [0.2, 0.25) is 5.91 Å². The van der Waals surface area contributed by atoms with Crippen LogP contribution in [0.2, 0.25) is 5.02 Å². The molecular weight excluding hydrogens is 526 g/mol. The van der Waals surface area contributed by atoms with E-state index in [0.717, 1.165) is 21.7 Å². The normalized spacial score (nSPS) is 11.6. The van der Waals surface area contributed by atoms with E-state index in [1.54, 1.807) is 24.3 Å². The zero-order chi connectivity index (χ0) is 25.6. The number of hydrogen-bond acceptors (Lipinski definition) is 6. The Balaban J connectivity index is 1.30. The summed E-state index contributed by atoms with van der Waals surface area (Å²) in [6.45, 7) is 0. The van der Waals surface area contributed by atoms with Gasteiger partial charge in [-0.25, -0.2) is 4.98 Å². The Kier molecular flexibility index (Phi) is 7.70. The third-order valence-corrected chi connectivity index (χ3v) is 7.60. The summed E-state index contributed by atoms with van der Waals surface area (Å²) >= 11 is 8.77. The van der Waals surface area contributed by atoms with Gasteiger partial charge in [0.05, 0.1) is 12.0 Å². The topological polar surface area (TPSA) is 84.2 Å². The number of thioether (sulfide) groups is 1. The lowest BCUT2D eigenvalue weighted by Gasteiger charge is -2.16. The van der Waals surface area contributed by atoms with E-state index in [4.69, 9.17) is 16.0 Å². The van der Waals surface area contributed by atoms with Crippen molar-refractivity contribution in [3.63, 3.8) is 0 Å². The molecule has 9 heteroatoms. The fourth-order valence-corrected chi connectivity index (χ4v) is 5.38. The molecule has 2 N–H and O–H groups in total. The van der Waals surface area contributed by atoms with Crippen molar-refractivity contribution in [1.82, 2.24) is 4.98 Å². The third-order valence-electron chi connectivity index (χ3n) is 5.33. The highest BCUT2D eigenvalue weighted by Gasteiger charge is 2.23. The van der Waals surface area contributed by atoms with Gasteiger partial charge < -0.3 is 15.1 Å². The first-order chi connectivity index (χ1) is 18.0. The van der Waals surface area contributed by atoms with Crippen LogP contribution in [0.1, 0.15) is 21.4 Å². The van der Waals surface area contributed by atoms with E-state index < -0.39 is 5.25 Å². The Morgan fingerprint density at radius 1 is 0.892 bits per heavy atom. The summed E-state index contributed by atoms with van der Waals surface area (Å²) in [6, 6.07) is 27.6. The molecule has 0 aliphatic rings. The summed E-state index contributed by atoms with van der Waals surface area (Å²) in [5, 5.41) is 8.34. The van der Waals surface area contributed by atoms with Gasteiger partial charge in [-0.1, -0.05) is 54.1 Å². The molecule has 0 aliphatic heterocycles. The van der Waals surface area contributed by atoms with Gasteiger partial charge in [-0.2, -0.15) is 0 Å². The van der Waals surface area contributed by atoms with Crippen molar-refractivity contribution >= 4 is 57.3 Å². The second kappa shape index (κ2) is 11.5. The molecular formula is C28H20ClN3O3S2. The van der Waals surface area contributed by atoms with Crippen LogP contribution in [0.4, 0.5) is 10.8 Å². The van der Waals surface area contributed by atoms with Crippen LogP contribution in [-0.4, -0.2) is 16.8 Å². The predicted molar refractivity (Wildman–Crippen MR) is 149 cm³/mol. The summed E-state index contributed by atoms with van der Waals surface area (Å²) < 4.78 is 5.13. The summed E-state index contributed by atoms with van der Waals surface area (Å²) in [5.74, 6) is -0.266. The maximum Gasteiger partial charge on any atom is 0.291 e. The first-order valence-corrected chi connectivity index (χ1v) is 13.4. The molecule has 5 rings (SSSR count). The largest absolute Gasteiger partial charge is 0.459 e. The molecule has 0 aliphatic carbocycles. The number of nitrogens with one attached hydrogen (secondary N) is 2. The number of benzene rings is 3. The van der Waals surface area contributed by atoms with Crippen LogP contribution in [0.3, 0.4) is 0 Å². The van der Waals surface area contributed by atoms with Crippen LogP contribution in [0.15, 0.2) is 112 Å². The van der Waals surface area contributed by atoms with Crippen molar-refractivity contribution in [2.45, 2.75) is 10.1 Å². The zero-order valence-corrected chi connectivity index (χ0v) is 21.6. The molecule has 1 unspecified atom stereocenters. The van der Waals surface area contributed by atoms with Crippen LogP contribution >= 0.6 is 34.7 Å². The molecule has 6 nitrogen and oxygen atoms in total. The second-order valence-corrected chi connectivity index (χ2v) is 10.4. The van der Waals surface area contributed by atoms with Gasteiger partial charge in [0.15, 0.2) is 10.9 Å². The molecule has 0 saturated carbocycles. The highest BCUT2D eigenvalue weighted by molar-refractivity contribution is 8.00. The minimum atomic E-state index is -0.507. The smallest absolute Gasteiger partial charge is 0.291 e. The molecule has 3 aromatic carbocycles. The van der Waals surface area contributed by atoms with Gasteiger partial charge in [0, 0.05) is 26.5 Å². The van der Waals surface area contributed by atoms with E-state index in [-0.39, 0.29) is 17.6 Å².